The van der Waals surface area contributed by atoms with E-state index in [1.54, 1.807) is 7.11 Å². The largest absolute Gasteiger partial charge is 0.383 e. The van der Waals surface area contributed by atoms with Crippen LogP contribution < -0.4 is 5.32 Å². The number of methoxy groups -OCH3 is 1. The lowest BCUT2D eigenvalue weighted by Gasteiger charge is -2.12. The average Bonchev–Trinajstić information content (AvgIpc) is 2.24. The molecule has 0 radical (unpaired) electrons. The van der Waals surface area contributed by atoms with Crippen LogP contribution in [-0.2, 0) is 11.2 Å². The Kier molecular flexibility index (Phi) is 6.69. The molecule has 16 heavy (non-hydrogen) atoms. The van der Waals surface area contributed by atoms with Crippen LogP contribution in [0.4, 0.5) is 0 Å². The van der Waals surface area contributed by atoms with Gasteiger partial charge in [-0.25, -0.2) is 0 Å². The molecule has 3 heteroatoms. The van der Waals surface area contributed by atoms with Crippen LogP contribution in [0.1, 0.15) is 12.5 Å². The van der Waals surface area contributed by atoms with Gasteiger partial charge in [0.05, 0.1) is 6.61 Å². The molecular weight excluding hydrogens is 266 g/mol. The van der Waals surface area contributed by atoms with E-state index in [0.29, 0.717) is 5.92 Å². The van der Waals surface area contributed by atoms with Gasteiger partial charge < -0.3 is 10.1 Å². The monoisotopic (exact) mass is 285 g/mol. The molecule has 0 saturated heterocycles. The van der Waals surface area contributed by atoms with Crippen molar-refractivity contribution in [2.75, 3.05) is 26.8 Å². The molecular formula is C13H20BrNO. The van der Waals surface area contributed by atoms with Crippen molar-refractivity contribution in [1.29, 1.82) is 0 Å². The van der Waals surface area contributed by atoms with E-state index in [4.69, 9.17) is 4.74 Å². The molecule has 0 saturated carbocycles. The van der Waals surface area contributed by atoms with Crippen molar-refractivity contribution < 1.29 is 4.74 Å². The van der Waals surface area contributed by atoms with Crippen LogP contribution >= 0.6 is 15.9 Å². The molecule has 0 aromatic heterocycles. The highest BCUT2D eigenvalue weighted by molar-refractivity contribution is 9.10. The van der Waals surface area contributed by atoms with Gasteiger partial charge in [-0.05, 0) is 36.6 Å². The van der Waals surface area contributed by atoms with E-state index >= 15 is 0 Å². The fourth-order valence-corrected chi connectivity index (χ4v) is 2.11. The van der Waals surface area contributed by atoms with Crippen molar-refractivity contribution >= 4 is 15.9 Å². The summed E-state index contributed by atoms with van der Waals surface area (Å²) in [7, 11) is 1.73. The standard InChI is InChI=1S/C13H20BrNO/c1-11(10-15-6-7-16-2)8-12-4-3-5-13(14)9-12/h3-5,9,11,15H,6-8,10H2,1-2H3. The molecule has 1 rings (SSSR count). The minimum Gasteiger partial charge on any atom is -0.383 e. The molecule has 90 valence electrons. The minimum absolute atomic E-state index is 0.645. The summed E-state index contributed by atoms with van der Waals surface area (Å²) in [4.78, 5) is 0. The van der Waals surface area contributed by atoms with E-state index in [-0.39, 0.29) is 0 Å². The number of ether oxygens (including phenoxy) is 1. The second-order valence-electron chi connectivity index (χ2n) is 4.14. The van der Waals surface area contributed by atoms with Gasteiger partial charge >= 0.3 is 0 Å². The van der Waals surface area contributed by atoms with E-state index in [9.17, 15) is 0 Å². The highest BCUT2D eigenvalue weighted by Gasteiger charge is 2.03. The van der Waals surface area contributed by atoms with Crippen molar-refractivity contribution in [3.05, 3.63) is 34.3 Å². The van der Waals surface area contributed by atoms with E-state index in [2.05, 4.69) is 52.4 Å². The minimum atomic E-state index is 0.645. The van der Waals surface area contributed by atoms with Crippen LogP contribution in [0.2, 0.25) is 0 Å². The molecule has 0 heterocycles. The molecule has 2 nitrogen and oxygen atoms in total. The quantitative estimate of drug-likeness (QED) is 0.778. The van der Waals surface area contributed by atoms with Gasteiger partial charge in [-0.15, -0.1) is 0 Å². The zero-order valence-electron chi connectivity index (χ0n) is 10.0. The Morgan fingerprint density at radius 3 is 2.94 bits per heavy atom. The van der Waals surface area contributed by atoms with Gasteiger partial charge in [0.15, 0.2) is 0 Å². The Labute approximate surface area is 107 Å². The molecule has 0 aliphatic rings. The second kappa shape index (κ2) is 7.82. The van der Waals surface area contributed by atoms with E-state index in [1.165, 1.54) is 5.56 Å². The summed E-state index contributed by atoms with van der Waals surface area (Å²) in [6.07, 6.45) is 1.11. The molecule has 0 bridgehead atoms. The third kappa shape index (κ3) is 5.64. The summed E-state index contributed by atoms with van der Waals surface area (Å²) in [6.45, 7) is 5.01. The summed E-state index contributed by atoms with van der Waals surface area (Å²) >= 11 is 3.49. The van der Waals surface area contributed by atoms with Crippen molar-refractivity contribution in [1.82, 2.24) is 5.32 Å². The Balaban J connectivity index is 2.25. The summed E-state index contributed by atoms with van der Waals surface area (Å²) in [5.74, 6) is 0.645. The number of hydrogen-bond acceptors (Lipinski definition) is 2. The molecule has 1 aromatic carbocycles. The van der Waals surface area contributed by atoms with Gasteiger partial charge in [0.2, 0.25) is 0 Å². The lowest BCUT2D eigenvalue weighted by molar-refractivity contribution is 0.198. The van der Waals surface area contributed by atoms with Crippen LogP contribution in [0.3, 0.4) is 0 Å². The van der Waals surface area contributed by atoms with Gasteiger partial charge in [0.1, 0.15) is 0 Å². The number of hydrogen-bond donors (Lipinski definition) is 1. The first-order chi connectivity index (χ1) is 7.72. The number of halogens is 1. The van der Waals surface area contributed by atoms with Gasteiger partial charge in [-0.3, -0.25) is 0 Å². The number of nitrogens with one attached hydrogen (secondary N) is 1. The lowest BCUT2D eigenvalue weighted by atomic mass is 10.0. The zero-order valence-corrected chi connectivity index (χ0v) is 11.6. The Hall–Kier alpha value is -0.380. The van der Waals surface area contributed by atoms with Crippen LogP contribution in [-0.4, -0.2) is 26.8 Å². The molecule has 0 spiro atoms. The normalized spacial score (nSPS) is 12.7. The van der Waals surface area contributed by atoms with Crippen molar-refractivity contribution in [3.8, 4) is 0 Å². The van der Waals surface area contributed by atoms with Crippen molar-refractivity contribution in [2.45, 2.75) is 13.3 Å². The Morgan fingerprint density at radius 1 is 1.44 bits per heavy atom. The fourth-order valence-electron chi connectivity index (χ4n) is 1.66. The second-order valence-corrected chi connectivity index (χ2v) is 5.05. The SMILES string of the molecule is COCCNCC(C)Cc1cccc(Br)c1. The summed E-state index contributed by atoms with van der Waals surface area (Å²) in [5, 5.41) is 3.38. The topological polar surface area (TPSA) is 21.3 Å². The highest BCUT2D eigenvalue weighted by atomic mass is 79.9. The van der Waals surface area contributed by atoms with Gasteiger partial charge in [-0.2, -0.15) is 0 Å². The average molecular weight is 286 g/mol. The number of rotatable bonds is 7. The first-order valence-electron chi connectivity index (χ1n) is 5.66. The molecule has 1 aromatic rings. The molecule has 0 aliphatic carbocycles. The maximum Gasteiger partial charge on any atom is 0.0587 e. The van der Waals surface area contributed by atoms with Gasteiger partial charge in [-0.1, -0.05) is 35.0 Å². The summed E-state index contributed by atoms with van der Waals surface area (Å²) in [6, 6.07) is 8.51. The predicted octanol–water partition coefficient (Wildman–Crippen LogP) is 2.86. The molecule has 1 atom stereocenters. The first-order valence-corrected chi connectivity index (χ1v) is 6.45. The van der Waals surface area contributed by atoms with Crippen LogP contribution in [0, 0.1) is 5.92 Å². The Bertz CT molecular complexity index is 304. The number of benzene rings is 1. The zero-order chi connectivity index (χ0) is 11.8. The summed E-state index contributed by atoms with van der Waals surface area (Å²) in [5.41, 5.74) is 1.38. The lowest BCUT2D eigenvalue weighted by Crippen LogP contribution is -2.25. The highest BCUT2D eigenvalue weighted by Crippen LogP contribution is 2.14. The molecule has 0 amide bonds. The van der Waals surface area contributed by atoms with Crippen LogP contribution in [0.15, 0.2) is 28.7 Å². The van der Waals surface area contributed by atoms with Crippen molar-refractivity contribution in [2.24, 2.45) is 5.92 Å². The molecule has 1 unspecified atom stereocenters. The van der Waals surface area contributed by atoms with E-state index in [1.807, 2.05) is 0 Å². The van der Waals surface area contributed by atoms with E-state index < -0.39 is 0 Å². The van der Waals surface area contributed by atoms with Crippen LogP contribution in [0.25, 0.3) is 0 Å². The third-order valence-electron chi connectivity index (χ3n) is 2.45. The molecule has 0 aliphatic heterocycles. The van der Waals surface area contributed by atoms with Crippen molar-refractivity contribution in [3.63, 3.8) is 0 Å². The predicted molar refractivity (Wildman–Crippen MR) is 71.8 cm³/mol. The molecule has 0 fully saturated rings. The first kappa shape index (κ1) is 13.7. The summed E-state index contributed by atoms with van der Waals surface area (Å²) < 4.78 is 6.15. The Morgan fingerprint density at radius 2 is 2.25 bits per heavy atom. The van der Waals surface area contributed by atoms with Crippen LogP contribution in [0.5, 0.6) is 0 Å². The smallest absolute Gasteiger partial charge is 0.0587 e. The maximum absolute atomic E-state index is 4.99. The van der Waals surface area contributed by atoms with E-state index in [0.717, 1.165) is 30.6 Å². The maximum atomic E-state index is 4.99. The van der Waals surface area contributed by atoms with Gasteiger partial charge in [0, 0.05) is 18.1 Å². The molecule has 1 N–H and O–H groups in total. The fraction of sp³-hybridized carbons (Fsp3) is 0.538. The third-order valence-corrected chi connectivity index (χ3v) is 2.94. The van der Waals surface area contributed by atoms with Gasteiger partial charge in [0.25, 0.3) is 0 Å².